The molecule has 1 heterocycles. The van der Waals surface area contributed by atoms with Crippen molar-refractivity contribution in [1.82, 2.24) is 4.98 Å². The number of aromatic nitrogens is 1. The highest BCUT2D eigenvalue weighted by molar-refractivity contribution is 5.96. The number of aryl methyl sites for hydroxylation is 1. The summed E-state index contributed by atoms with van der Waals surface area (Å²) in [6.07, 6.45) is 0. The molecule has 0 fully saturated rings. The van der Waals surface area contributed by atoms with Gasteiger partial charge in [0.05, 0.1) is 25.3 Å². The van der Waals surface area contributed by atoms with Gasteiger partial charge in [-0.15, -0.1) is 0 Å². The van der Waals surface area contributed by atoms with Crippen molar-refractivity contribution in [2.24, 2.45) is 0 Å². The maximum atomic E-state index is 5.69. The first-order chi connectivity index (χ1) is 10.3. The summed E-state index contributed by atoms with van der Waals surface area (Å²) in [7, 11) is 3.32. The van der Waals surface area contributed by atoms with E-state index in [1.165, 1.54) is 0 Å². The molecule has 0 unspecified atom stereocenters. The summed E-state index contributed by atoms with van der Waals surface area (Å²) in [4.78, 5) is 4.68. The van der Waals surface area contributed by atoms with Gasteiger partial charge in [-0.05, 0) is 24.1 Å². The molecule has 0 spiro atoms. The van der Waals surface area contributed by atoms with Crippen LogP contribution in [0, 0.1) is 6.92 Å². The second-order valence-corrected chi connectivity index (χ2v) is 4.87. The molecule has 0 atom stereocenters. The molecule has 3 rings (SSSR count). The Labute approximate surface area is 124 Å². The zero-order chi connectivity index (χ0) is 14.8. The number of rotatable bonds is 3. The standard InChI is InChI=1S/C18H17NO2/c1-12-8-7-11-14-16(12)19-18(21-3)15(17(14)20-2)13-9-5-4-6-10-13/h4-11H,1-3H3. The monoisotopic (exact) mass is 279 g/mol. The van der Waals surface area contributed by atoms with E-state index in [0.29, 0.717) is 5.88 Å². The molecular weight excluding hydrogens is 262 g/mol. The Morgan fingerprint density at radius 3 is 2.29 bits per heavy atom. The molecule has 3 aromatic rings. The number of fused-ring (bicyclic) bond motifs is 1. The van der Waals surface area contributed by atoms with Gasteiger partial charge in [-0.1, -0.05) is 42.5 Å². The molecular formula is C18H17NO2. The number of nitrogens with zero attached hydrogens (tertiary/aromatic N) is 1. The highest BCUT2D eigenvalue weighted by atomic mass is 16.5. The third-order valence-corrected chi connectivity index (χ3v) is 3.60. The van der Waals surface area contributed by atoms with E-state index in [1.54, 1.807) is 14.2 Å². The molecule has 0 saturated carbocycles. The fourth-order valence-corrected chi connectivity index (χ4v) is 2.60. The van der Waals surface area contributed by atoms with E-state index in [9.17, 15) is 0 Å². The van der Waals surface area contributed by atoms with Crippen LogP contribution in [0.5, 0.6) is 11.6 Å². The van der Waals surface area contributed by atoms with Crippen LogP contribution < -0.4 is 9.47 Å². The van der Waals surface area contributed by atoms with Crippen LogP contribution in [0.3, 0.4) is 0 Å². The molecule has 3 heteroatoms. The largest absolute Gasteiger partial charge is 0.495 e. The van der Waals surface area contributed by atoms with Gasteiger partial charge >= 0.3 is 0 Å². The topological polar surface area (TPSA) is 31.4 Å². The molecule has 106 valence electrons. The Kier molecular flexibility index (Phi) is 3.48. The van der Waals surface area contributed by atoms with E-state index < -0.39 is 0 Å². The lowest BCUT2D eigenvalue weighted by molar-refractivity contribution is 0.389. The molecule has 21 heavy (non-hydrogen) atoms. The summed E-state index contributed by atoms with van der Waals surface area (Å²) in [6, 6.07) is 16.1. The summed E-state index contributed by atoms with van der Waals surface area (Å²) in [5, 5.41) is 0.997. The summed E-state index contributed by atoms with van der Waals surface area (Å²) >= 11 is 0. The average Bonchev–Trinajstić information content (AvgIpc) is 2.54. The van der Waals surface area contributed by atoms with Gasteiger partial charge in [0.2, 0.25) is 5.88 Å². The number of hydrogen-bond donors (Lipinski definition) is 0. The van der Waals surface area contributed by atoms with Gasteiger partial charge in [0.1, 0.15) is 5.75 Å². The molecule has 2 aromatic carbocycles. The first-order valence-electron chi connectivity index (χ1n) is 6.83. The van der Waals surface area contributed by atoms with Crippen LogP contribution in [-0.2, 0) is 0 Å². The van der Waals surface area contributed by atoms with E-state index in [4.69, 9.17) is 9.47 Å². The van der Waals surface area contributed by atoms with E-state index in [-0.39, 0.29) is 0 Å². The van der Waals surface area contributed by atoms with Gasteiger partial charge in [-0.3, -0.25) is 0 Å². The average molecular weight is 279 g/mol. The second kappa shape index (κ2) is 5.44. The lowest BCUT2D eigenvalue weighted by atomic mass is 10.0. The van der Waals surface area contributed by atoms with Gasteiger partial charge in [0, 0.05) is 5.39 Å². The van der Waals surface area contributed by atoms with Gasteiger partial charge in [-0.25, -0.2) is 4.98 Å². The van der Waals surface area contributed by atoms with Crippen LogP contribution in [-0.4, -0.2) is 19.2 Å². The summed E-state index contributed by atoms with van der Waals surface area (Å²) in [5.74, 6) is 1.38. The molecule has 3 nitrogen and oxygen atoms in total. The van der Waals surface area contributed by atoms with Crippen molar-refractivity contribution >= 4 is 10.9 Å². The van der Waals surface area contributed by atoms with Crippen molar-refractivity contribution < 1.29 is 9.47 Å². The van der Waals surface area contributed by atoms with E-state index >= 15 is 0 Å². The number of benzene rings is 2. The van der Waals surface area contributed by atoms with Gasteiger partial charge in [0.25, 0.3) is 0 Å². The smallest absolute Gasteiger partial charge is 0.225 e. The maximum absolute atomic E-state index is 5.69. The lowest BCUT2D eigenvalue weighted by Crippen LogP contribution is -1.98. The number of para-hydroxylation sites is 1. The normalized spacial score (nSPS) is 10.6. The fraction of sp³-hybridized carbons (Fsp3) is 0.167. The van der Waals surface area contributed by atoms with Crippen LogP contribution in [0.1, 0.15) is 5.56 Å². The Hall–Kier alpha value is -2.55. The Morgan fingerprint density at radius 2 is 1.62 bits per heavy atom. The molecule has 0 saturated heterocycles. The van der Waals surface area contributed by atoms with Crippen LogP contribution in [0.2, 0.25) is 0 Å². The minimum absolute atomic E-state index is 0.583. The minimum atomic E-state index is 0.583. The van der Waals surface area contributed by atoms with Gasteiger partial charge < -0.3 is 9.47 Å². The molecule has 1 aromatic heterocycles. The molecule has 0 bridgehead atoms. The maximum Gasteiger partial charge on any atom is 0.225 e. The number of ether oxygens (including phenoxy) is 2. The fourth-order valence-electron chi connectivity index (χ4n) is 2.60. The summed E-state index contributed by atoms with van der Waals surface area (Å²) in [5.41, 5.74) is 3.93. The number of methoxy groups -OCH3 is 2. The van der Waals surface area contributed by atoms with Crippen LogP contribution in [0.25, 0.3) is 22.0 Å². The number of pyridine rings is 1. The van der Waals surface area contributed by atoms with Crippen molar-refractivity contribution in [3.8, 4) is 22.8 Å². The second-order valence-electron chi connectivity index (χ2n) is 4.87. The van der Waals surface area contributed by atoms with Crippen LogP contribution in [0.4, 0.5) is 0 Å². The van der Waals surface area contributed by atoms with Gasteiger partial charge in [0.15, 0.2) is 0 Å². The van der Waals surface area contributed by atoms with E-state index in [0.717, 1.165) is 33.3 Å². The van der Waals surface area contributed by atoms with Crippen LogP contribution >= 0.6 is 0 Å². The predicted octanol–water partition coefficient (Wildman–Crippen LogP) is 4.23. The van der Waals surface area contributed by atoms with Crippen molar-refractivity contribution in [3.05, 3.63) is 54.1 Å². The van der Waals surface area contributed by atoms with E-state index in [1.807, 2.05) is 55.5 Å². The first-order valence-corrected chi connectivity index (χ1v) is 6.83. The third kappa shape index (κ3) is 2.21. The van der Waals surface area contributed by atoms with Crippen molar-refractivity contribution in [3.63, 3.8) is 0 Å². The molecule has 0 aliphatic rings. The predicted molar refractivity (Wildman–Crippen MR) is 85.0 cm³/mol. The summed E-state index contributed by atoms with van der Waals surface area (Å²) in [6.45, 7) is 2.04. The zero-order valence-electron chi connectivity index (χ0n) is 12.4. The minimum Gasteiger partial charge on any atom is -0.495 e. The van der Waals surface area contributed by atoms with Crippen molar-refractivity contribution in [1.29, 1.82) is 0 Å². The Morgan fingerprint density at radius 1 is 0.857 bits per heavy atom. The SMILES string of the molecule is COc1nc2c(C)cccc2c(OC)c1-c1ccccc1. The molecule has 0 aliphatic heterocycles. The van der Waals surface area contributed by atoms with E-state index in [2.05, 4.69) is 4.98 Å². The Bertz CT molecular complexity index is 782. The quantitative estimate of drug-likeness (QED) is 0.719. The Balaban J connectivity index is 2.43. The first kappa shape index (κ1) is 13.4. The molecule has 0 radical (unpaired) electrons. The number of hydrogen-bond acceptors (Lipinski definition) is 3. The highest BCUT2D eigenvalue weighted by Gasteiger charge is 2.18. The third-order valence-electron chi connectivity index (χ3n) is 3.60. The van der Waals surface area contributed by atoms with Crippen molar-refractivity contribution in [2.45, 2.75) is 6.92 Å². The van der Waals surface area contributed by atoms with Gasteiger partial charge in [-0.2, -0.15) is 0 Å². The van der Waals surface area contributed by atoms with Crippen LogP contribution in [0.15, 0.2) is 48.5 Å². The van der Waals surface area contributed by atoms with Crippen molar-refractivity contribution in [2.75, 3.05) is 14.2 Å². The summed E-state index contributed by atoms with van der Waals surface area (Å²) < 4.78 is 11.2. The molecule has 0 aliphatic carbocycles. The molecule has 0 amide bonds. The zero-order valence-corrected chi connectivity index (χ0v) is 12.4. The molecule has 0 N–H and O–H groups in total. The lowest BCUT2D eigenvalue weighted by Gasteiger charge is -2.16. The highest BCUT2D eigenvalue weighted by Crippen LogP contribution is 2.42.